The fourth-order valence-corrected chi connectivity index (χ4v) is 7.34. The fourth-order valence-electron chi connectivity index (χ4n) is 7.34. The van der Waals surface area contributed by atoms with Crippen LogP contribution in [0.25, 0.3) is 77.2 Å². The molecule has 10 rings (SSSR count). The summed E-state index contributed by atoms with van der Waals surface area (Å²) >= 11 is 0. The third-order valence-electron chi connectivity index (χ3n) is 9.30. The highest BCUT2D eigenvalue weighted by Crippen LogP contribution is 2.49. The molecule has 0 saturated carbocycles. The molecule has 1 aliphatic heterocycles. The zero-order valence-electron chi connectivity index (χ0n) is 24.3. The van der Waals surface area contributed by atoms with Crippen molar-refractivity contribution in [3.63, 3.8) is 0 Å². The van der Waals surface area contributed by atoms with Gasteiger partial charge in [-0.2, -0.15) is 0 Å². The number of benzene rings is 7. The maximum absolute atomic E-state index is 6.74. The summed E-state index contributed by atoms with van der Waals surface area (Å²) in [6.07, 6.45) is 0. The van der Waals surface area contributed by atoms with Gasteiger partial charge in [0.15, 0.2) is 11.5 Å². The molecule has 9 aromatic rings. The molecule has 0 spiro atoms. The predicted molar refractivity (Wildman–Crippen MR) is 186 cm³/mol. The van der Waals surface area contributed by atoms with Crippen LogP contribution in [0, 0.1) is 0 Å². The summed E-state index contributed by atoms with van der Waals surface area (Å²) in [6, 6.07) is 56.4. The molecule has 0 aliphatic carbocycles. The number of aromatic nitrogens is 2. The van der Waals surface area contributed by atoms with Crippen LogP contribution in [0.4, 0.5) is 0 Å². The number of hydrogen-bond acceptors (Lipinski definition) is 1. The van der Waals surface area contributed by atoms with Gasteiger partial charge in [0.2, 0.25) is 0 Å². The van der Waals surface area contributed by atoms with Crippen LogP contribution in [0.5, 0.6) is 11.5 Å². The summed E-state index contributed by atoms with van der Waals surface area (Å²) in [6.45, 7) is 0. The Morgan fingerprint density at radius 3 is 1.73 bits per heavy atom. The molecule has 0 fully saturated rings. The van der Waals surface area contributed by atoms with E-state index in [4.69, 9.17) is 4.74 Å². The van der Waals surface area contributed by atoms with Crippen molar-refractivity contribution in [2.75, 3.05) is 0 Å². The van der Waals surface area contributed by atoms with Crippen LogP contribution < -0.4 is 4.74 Å². The van der Waals surface area contributed by atoms with E-state index in [0.717, 1.165) is 39.5 Å². The molecular formula is C42H26N2O. The molecule has 2 aromatic heterocycles. The average Bonchev–Trinajstić information content (AvgIpc) is 3.63. The summed E-state index contributed by atoms with van der Waals surface area (Å²) in [5.74, 6) is 1.77. The summed E-state index contributed by atoms with van der Waals surface area (Å²) in [5.41, 5.74) is 11.5. The van der Waals surface area contributed by atoms with Crippen LogP contribution >= 0.6 is 0 Å². The Morgan fingerprint density at radius 1 is 0.400 bits per heavy atom. The largest absolute Gasteiger partial charge is 0.452 e. The molecule has 0 atom stereocenters. The van der Waals surface area contributed by atoms with E-state index in [0.29, 0.717) is 0 Å². The number of ether oxygens (including phenoxy) is 1. The van der Waals surface area contributed by atoms with Crippen molar-refractivity contribution < 1.29 is 4.74 Å². The lowest BCUT2D eigenvalue weighted by Gasteiger charge is -2.23. The second-order valence-corrected chi connectivity index (χ2v) is 11.8. The molecule has 3 heterocycles. The van der Waals surface area contributed by atoms with E-state index in [1.165, 1.54) is 49.2 Å². The fraction of sp³-hybridized carbons (Fsp3) is 0. The Balaban J connectivity index is 1.15. The minimum atomic E-state index is 0.870. The Morgan fingerprint density at radius 2 is 0.978 bits per heavy atom. The Bertz CT molecular complexity index is 2580. The van der Waals surface area contributed by atoms with E-state index in [1.807, 2.05) is 6.07 Å². The van der Waals surface area contributed by atoms with E-state index in [1.54, 1.807) is 0 Å². The molecule has 3 nitrogen and oxygen atoms in total. The summed E-state index contributed by atoms with van der Waals surface area (Å²) in [7, 11) is 0. The van der Waals surface area contributed by atoms with Gasteiger partial charge in [-0.05, 0) is 71.3 Å². The molecule has 1 aliphatic rings. The van der Waals surface area contributed by atoms with E-state index >= 15 is 0 Å². The van der Waals surface area contributed by atoms with Gasteiger partial charge in [-0.1, -0.05) is 103 Å². The van der Waals surface area contributed by atoms with E-state index in [2.05, 4.69) is 161 Å². The molecule has 0 radical (unpaired) electrons. The van der Waals surface area contributed by atoms with Crippen molar-refractivity contribution in [1.82, 2.24) is 9.13 Å². The second-order valence-electron chi connectivity index (χ2n) is 11.8. The standard InChI is InChI=1S/C42H26N2O/c1-4-18-36-32(15-1)33-16-2-5-19-37(33)43(36)30-14-10-12-28(26-30)27-11-9-13-29(25-27)31-23-24-35-34-17-3-6-20-38(34)44-39-21-7-8-22-40(39)45-42(31)41(35)44/h1-26H. The number of fused-ring (bicyclic) bond motifs is 8. The molecular weight excluding hydrogens is 548 g/mol. The topological polar surface area (TPSA) is 19.1 Å². The van der Waals surface area contributed by atoms with E-state index in [9.17, 15) is 0 Å². The summed E-state index contributed by atoms with van der Waals surface area (Å²) in [5, 5.41) is 4.97. The molecule has 0 bridgehead atoms. The number of hydrogen-bond donors (Lipinski definition) is 0. The number of para-hydroxylation sites is 5. The molecule has 3 heteroatoms. The van der Waals surface area contributed by atoms with Crippen molar-refractivity contribution in [2.24, 2.45) is 0 Å². The molecule has 7 aromatic carbocycles. The quantitative estimate of drug-likeness (QED) is 0.205. The summed E-state index contributed by atoms with van der Waals surface area (Å²) in [4.78, 5) is 0. The zero-order chi connectivity index (χ0) is 29.5. The van der Waals surface area contributed by atoms with Crippen LogP contribution in [0.2, 0.25) is 0 Å². The first-order chi connectivity index (χ1) is 22.3. The Kier molecular flexibility index (Phi) is 5.00. The SMILES string of the molecule is c1cc(-c2cccc(-n3c4ccccc4c4ccccc43)c2)cc(-c2ccc3c4ccccc4n4c3c2Oc2ccccc2-4)c1. The zero-order valence-corrected chi connectivity index (χ0v) is 24.3. The highest BCUT2D eigenvalue weighted by Gasteiger charge is 2.26. The van der Waals surface area contributed by atoms with Crippen molar-refractivity contribution in [3.8, 4) is 45.1 Å². The normalized spacial score (nSPS) is 12.2. The average molecular weight is 575 g/mol. The predicted octanol–water partition coefficient (Wildman–Crippen LogP) is 11.3. The van der Waals surface area contributed by atoms with Crippen molar-refractivity contribution >= 4 is 43.6 Å². The van der Waals surface area contributed by atoms with Gasteiger partial charge >= 0.3 is 0 Å². The van der Waals surface area contributed by atoms with Gasteiger partial charge in [-0.25, -0.2) is 0 Å². The monoisotopic (exact) mass is 574 g/mol. The number of nitrogens with zero attached hydrogens (tertiary/aromatic N) is 2. The van der Waals surface area contributed by atoms with Crippen molar-refractivity contribution in [2.45, 2.75) is 0 Å². The van der Waals surface area contributed by atoms with Gasteiger partial charge in [0.1, 0.15) is 0 Å². The highest BCUT2D eigenvalue weighted by atomic mass is 16.5. The van der Waals surface area contributed by atoms with Crippen molar-refractivity contribution in [1.29, 1.82) is 0 Å². The first-order valence-corrected chi connectivity index (χ1v) is 15.4. The minimum Gasteiger partial charge on any atom is -0.452 e. The van der Waals surface area contributed by atoms with Gasteiger partial charge < -0.3 is 13.9 Å². The van der Waals surface area contributed by atoms with Gasteiger partial charge in [-0.3, -0.25) is 0 Å². The van der Waals surface area contributed by atoms with E-state index < -0.39 is 0 Å². The smallest absolute Gasteiger partial charge is 0.160 e. The maximum atomic E-state index is 6.74. The lowest BCUT2D eigenvalue weighted by atomic mass is 9.97. The molecule has 0 saturated heterocycles. The Labute approximate surface area is 259 Å². The van der Waals surface area contributed by atoms with Crippen molar-refractivity contribution in [3.05, 3.63) is 158 Å². The molecule has 0 N–H and O–H groups in total. The van der Waals surface area contributed by atoms with Gasteiger partial charge in [0.05, 0.1) is 27.8 Å². The van der Waals surface area contributed by atoms with Gasteiger partial charge in [0, 0.05) is 32.8 Å². The van der Waals surface area contributed by atoms with Gasteiger partial charge in [0.25, 0.3) is 0 Å². The van der Waals surface area contributed by atoms with Gasteiger partial charge in [-0.15, -0.1) is 0 Å². The molecule has 210 valence electrons. The van der Waals surface area contributed by atoms with Crippen LogP contribution in [0.15, 0.2) is 158 Å². The first kappa shape index (κ1) is 24.4. The molecule has 0 unspecified atom stereocenters. The minimum absolute atomic E-state index is 0.870. The first-order valence-electron chi connectivity index (χ1n) is 15.4. The third kappa shape index (κ3) is 3.46. The van der Waals surface area contributed by atoms with Crippen LogP contribution in [0.3, 0.4) is 0 Å². The number of rotatable bonds is 3. The Hall–Kier alpha value is -6.06. The highest BCUT2D eigenvalue weighted by molar-refractivity contribution is 6.14. The van der Waals surface area contributed by atoms with E-state index in [-0.39, 0.29) is 0 Å². The van der Waals surface area contributed by atoms with Crippen LogP contribution in [-0.2, 0) is 0 Å². The molecule has 45 heavy (non-hydrogen) atoms. The second kappa shape index (κ2) is 9.22. The third-order valence-corrected chi connectivity index (χ3v) is 9.30. The van der Waals surface area contributed by atoms with Crippen LogP contribution in [-0.4, -0.2) is 9.13 Å². The summed E-state index contributed by atoms with van der Waals surface area (Å²) < 4.78 is 11.5. The lowest BCUT2D eigenvalue weighted by molar-refractivity contribution is 0.478. The maximum Gasteiger partial charge on any atom is 0.160 e. The lowest BCUT2D eigenvalue weighted by Crippen LogP contribution is -2.04. The van der Waals surface area contributed by atoms with Crippen LogP contribution in [0.1, 0.15) is 0 Å². The molecule has 0 amide bonds.